The zero-order valence-corrected chi connectivity index (χ0v) is 11.7. The normalized spacial score (nSPS) is 15.5. The number of carbonyl (C=O) groups is 1. The van der Waals surface area contributed by atoms with Gasteiger partial charge in [-0.15, -0.1) is 0 Å². The van der Waals surface area contributed by atoms with E-state index in [-0.39, 0.29) is 12.5 Å². The fourth-order valence-electron chi connectivity index (χ4n) is 2.49. The first-order valence-electron chi connectivity index (χ1n) is 6.85. The average Bonchev–Trinajstić information content (AvgIpc) is 2.85. The number of nitrogen functional groups attached to an aromatic ring is 1. The van der Waals surface area contributed by atoms with Gasteiger partial charge in [-0.2, -0.15) is 0 Å². The SMILES string of the molecule is Cc1cc(C)c(OCC(=O)NC2CCCC2)cc1N. The topological polar surface area (TPSA) is 64.3 Å². The molecule has 4 nitrogen and oxygen atoms in total. The summed E-state index contributed by atoms with van der Waals surface area (Å²) in [7, 11) is 0. The van der Waals surface area contributed by atoms with E-state index in [4.69, 9.17) is 10.5 Å². The minimum atomic E-state index is -0.0505. The number of anilines is 1. The molecule has 1 aliphatic carbocycles. The van der Waals surface area contributed by atoms with E-state index in [2.05, 4.69) is 5.32 Å². The van der Waals surface area contributed by atoms with E-state index in [1.807, 2.05) is 19.9 Å². The summed E-state index contributed by atoms with van der Waals surface area (Å²) in [6.45, 7) is 3.97. The summed E-state index contributed by atoms with van der Waals surface area (Å²) in [6, 6.07) is 4.09. The highest BCUT2D eigenvalue weighted by atomic mass is 16.5. The van der Waals surface area contributed by atoms with Crippen LogP contribution in [-0.4, -0.2) is 18.6 Å². The summed E-state index contributed by atoms with van der Waals surface area (Å²) in [5.74, 6) is 0.634. The summed E-state index contributed by atoms with van der Waals surface area (Å²) in [5.41, 5.74) is 8.57. The van der Waals surface area contributed by atoms with E-state index in [9.17, 15) is 4.79 Å². The van der Waals surface area contributed by atoms with Crippen LogP contribution in [0.4, 0.5) is 5.69 Å². The van der Waals surface area contributed by atoms with Gasteiger partial charge in [0.15, 0.2) is 6.61 Å². The van der Waals surface area contributed by atoms with Gasteiger partial charge < -0.3 is 15.8 Å². The lowest BCUT2D eigenvalue weighted by Gasteiger charge is -2.14. The Morgan fingerprint density at radius 2 is 2.00 bits per heavy atom. The highest BCUT2D eigenvalue weighted by Gasteiger charge is 2.17. The Hall–Kier alpha value is -1.71. The van der Waals surface area contributed by atoms with Gasteiger partial charge in [0.25, 0.3) is 5.91 Å². The Labute approximate surface area is 114 Å². The third-order valence-corrected chi connectivity index (χ3v) is 3.64. The molecule has 1 amide bonds. The average molecular weight is 262 g/mol. The fraction of sp³-hybridized carbons (Fsp3) is 0.533. The van der Waals surface area contributed by atoms with Crippen molar-refractivity contribution < 1.29 is 9.53 Å². The summed E-state index contributed by atoms with van der Waals surface area (Å²) >= 11 is 0. The second-order valence-corrected chi connectivity index (χ2v) is 5.31. The summed E-state index contributed by atoms with van der Waals surface area (Å²) in [5, 5.41) is 3.00. The van der Waals surface area contributed by atoms with Crippen molar-refractivity contribution in [3.63, 3.8) is 0 Å². The minimum Gasteiger partial charge on any atom is -0.483 e. The van der Waals surface area contributed by atoms with Gasteiger partial charge >= 0.3 is 0 Å². The zero-order valence-electron chi connectivity index (χ0n) is 11.7. The number of nitrogens with one attached hydrogen (secondary N) is 1. The van der Waals surface area contributed by atoms with Crippen LogP contribution in [0.15, 0.2) is 12.1 Å². The first-order valence-corrected chi connectivity index (χ1v) is 6.85. The van der Waals surface area contributed by atoms with E-state index in [0.717, 1.165) is 24.0 Å². The number of hydrogen-bond donors (Lipinski definition) is 2. The van der Waals surface area contributed by atoms with Crippen molar-refractivity contribution in [2.45, 2.75) is 45.6 Å². The largest absolute Gasteiger partial charge is 0.483 e. The van der Waals surface area contributed by atoms with E-state index in [0.29, 0.717) is 17.5 Å². The second-order valence-electron chi connectivity index (χ2n) is 5.31. The lowest BCUT2D eigenvalue weighted by molar-refractivity contribution is -0.123. The molecule has 19 heavy (non-hydrogen) atoms. The lowest BCUT2D eigenvalue weighted by Crippen LogP contribution is -2.36. The van der Waals surface area contributed by atoms with Crippen LogP contribution in [0.25, 0.3) is 0 Å². The van der Waals surface area contributed by atoms with Crippen molar-refractivity contribution >= 4 is 11.6 Å². The first-order chi connectivity index (χ1) is 9.06. The van der Waals surface area contributed by atoms with Gasteiger partial charge in [0, 0.05) is 17.8 Å². The van der Waals surface area contributed by atoms with Gasteiger partial charge in [0.2, 0.25) is 0 Å². The lowest BCUT2D eigenvalue weighted by atomic mass is 10.1. The zero-order chi connectivity index (χ0) is 13.8. The number of hydrogen-bond acceptors (Lipinski definition) is 3. The molecular formula is C15H22N2O2. The van der Waals surface area contributed by atoms with Crippen molar-refractivity contribution in [2.24, 2.45) is 0 Å². The molecule has 0 heterocycles. The molecule has 104 valence electrons. The number of carbonyl (C=O) groups excluding carboxylic acids is 1. The molecule has 0 aliphatic heterocycles. The number of nitrogens with two attached hydrogens (primary N) is 1. The monoisotopic (exact) mass is 262 g/mol. The number of benzene rings is 1. The molecule has 2 rings (SSSR count). The molecule has 0 aromatic heterocycles. The van der Waals surface area contributed by atoms with Crippen molar-refractivity contribution in [3.8, 4) is 5.75 Å². The fourth-order valence-corrected chi connectivity index (χ4v) is 2.49. The molecule has 3 N–H and O–H groups in total. The predicted octanol–water partition coefficient (Wildman–Crippen LogP) is 2.32. The van der Waals surface area contributed by atoms with Gasteiger partial charge in [-0.05, 0) is 37.8 Å². The van der Waals surface area contributed by atoms with Crippen LogP contribution in [0.2, 0.25) is 0 Å². The minimum absolute atomic E-state index is 0.0505. The standard InChI is InChI=1S/C15H22N2O2/c1-10-7-11(2)14(8-13(10)16)19-9-15(18)17-12-5-3-4-6-12/h7-8,12H,3-6,9,16H2,1-2H3,(H,17,18). The second kappa shape index (κ2) is 5.95. The number of rotatable bonds is 4. The van der Waals surface area contributed by atoms with Gasteiger partial charge in [-0.25, -0.2) is 0 Å². The first kappa shape index (κ1) is 13.7. The third kappa shape index (κ3) is 3.63. The van der Waals surface area contributed by atoms with Crippen LogP contribution in [0, 0.1) is 13.8 Å². The number of aryl methyl sites for hydroxylation is 2. The van der Waals surface area contributed by atoms with E-state index in [1.165, 1.54) is 12.8 Å². The Bertz CT molecular complexity index is 465. The summed E-state index contributed by atoms with van der Waals surface area (Å²) < 4.78 is 5.55. The van der Waals surface area contributed by atoms with Gasteiger partial charge in [0.05, 0.1) is 0 Å². The highest BCUT2D eigenvalue weighted by Crippen LogP contribution is 2.24. The van der Waals surface area contributed by atoms with Gasteiger partial charge in [-0.1, -0.05) is 18.9 Å². The van der Waals surface area contributed by atoms with E-state index >= 15 is 0 Å². The van der Waals surface area contributed by atoms with Crippen LogP contribution >= 0.6 is 0 Å². The van der Waals surface area contributed by atoms with Crippen LogP contribution in [0.3, 0.4) is 0 Å². The number of amides is 1. The third-order valence-electron chi connectivity index (χ3n) is 3.64. The molecule has 1 aliphatic rings. The quantitative estimate of drug-likeness (QED) is 0.818. The summed E-state index contributed by atoms with van der Waals surface area (Å²) in [6.07, 6.45) is 4.59. The molecular weight excluding hydrogens is 240 g/mol. The molecule has 0 bridgehead atoms. The Morgan fingerprint density at radius 1 is 1.32 bits per heavy atom. The van der Waals surface area contributed by atoms with Crippen LogP contribution in [-0.2, 0) is 4.79 Å². The molecule has 4 heteroatoms. The number of ether oxygens (including phenoxy) is 1. The van der Waals surface area contributed by atoms with Gasteiger partial charge in [-0.3, -0.25) is 4.79 Å². The predicted molar refractivity (Wildman–Crippen MR) is 76.2 cm³/mol. The van der Waals surface area contributed by atoms with Crippen LogP contribution < -0.4 is 15.8 Å². The molecule has 1 aromatic carbocycles. The molecule has 0 radical (unpaired) electrons. The molecule has 1 saturated carbocycles. The molecule has 0 saturated heterocycles. The Kier molecular flexibility index (Phi) is 4.30. The molecule has 1 aromatic rings. The summed E-state index contributed by atoms with van der Waals surface area (Å²) in [4.78, 5) is 11.8. The highest BCUT2D eigenvalue weighted by molar-refractivity contribution is 5.78. The maximum Gasteiger partial charge on any atom is 0.258 e. The molecule has 0 spiro atoms. The van der Waals surface area contributed by atoms with Crippen molar-refractivity contribution in [3.05, 3.63) is 23.3 Å². The van der Waals surface area contributed by atoms with E-state index < -0.39 is 0 Å². The maximum atomic E-state index is 11.8. The van der Waals surface area contributed by atoms with Crippen molar-refractivity contribution in [2.75, 3.05) is 12.3 Å². The van der Waals surface area contributed by atoms with E-state index in [1.54, 1.807) is 6.07 Å². The smallest absolute Gasteiger partial charge is 0.258 e. The van der Waals surface area contributed by atoms with Gasteiger partial charge in [0.1, 0.15) is 5.75 Å². The van der Waals surface area contributed by atoms with Crippen molar-refractivity contribution in [1.29, 1.82) is 0 Å². The maximum absolute atomic E-state index is 11.8. The molecule has 0 atom stereocenters. The van der Waals surface area contributed by atoms with Crippen LogP contribution in [0.5, 0.6) is 5.75 Å². The molecule has 1 fully saturated rings. The Balaban J connectivity index is 1.87. The Morgan fingerprint density at radius 3 is 2.68 bits per heavy atom. The molecule has 0 unspecified atom stereocenters. The van der Waals surface area contributed by atoms with Crippen LogP contribution in [0.1, 0.15) is 36.8 Å². The van der Waals surface area contributed by atoms with Crippen molar-refractivity contribution in [1.82, 2.24) is 5.32 Å².